The Morgan fingerprint density at radius 2 is 2.12 bits per heavy atom. The molecule has 1 saturated heterocycles. The third-order valence-corrected chi connectivity index (χ3v) is 2.50. The number of carbonyl (C=O) groups excluding carboxylic acids is 1. The normalized spacial score (nSPS) is 21.2. The van der Waals surface area contributed by atoms with Crippen molar-refractivity contribution in [3.63, 3.8) is 0 Å². The topological polar surface area (TPSA) is 38.8 Å². The van der Waals surface area contributed by atoms with E-state index in [9.17, 15) is 4.79 Å². The maximum absolute atomic E-state index is 11.7. The number of ether oxygens (including phenoxy) is 2. The molecular formula is C12H23NO3. The molecule has 0 aromatic heterocycles. The maximum Gasteiger partial charge on any atom is 0.410 e. The molecule has 1 aliphatic rings. The first-order chi connectivity index (χ1) is 7.42. The average molecular weight is 229 g/mol. The summed E-state index contributed by atoms with van der Waals surface area (Å²) < 4.78 is 10.7. The Hall–Kier alpha value is -0.770. The first-order valence-electron chi connectivity index (χ1n) is 5.98. The molecule has 0 spiro atoms. The molecule has 1 rings (SSSR count). The Kier molecular flexibility index (Phi) is 4.59. The molecule has 0 N–H and O–H groups in total. The molecule has 1 heterocycles. The predicted octanol–water partition coefficient (Wildman–Crippen LogP) is 2.28. The molecule has 0 radical (unpaired) electrons. The number of hydrogen-bond donors (Lipinski definition) is 0. The SMILES string of the molecule is CCOCC1CCN(C(=O)OC(C)(C)C)C1. The molecule has 0 aliphatic carbocycles. The molecule has 4 nitrogen and oxygen atoms in total. The van der Waals surface area contributed by atoms with E-state index in [1.54, 1.807) is 4.90 Å². The second-order valence-electron chi connectivity index (χ2n) is 5.24. The summed E-state index contributed by atoms with van der Waals surface area (Å²) in [5.41, 5.74) is -0.408. The van der Waals surface area contributed by atoms with Crippen LogP contribution in [0.15, 0.2) is 0 Å². The van der Waals surface area contributed by atoms with Gasteiger partial charge in [0, 0.05) is 25.6 Å². The number of carbonyl (C=O) groups is 1. The summed E-state index contributed by atoms with van der Waals surface area (Å²) in [6.45, 7) is 10.7. The summed E-state index contributed by atoms with van der Waals surface area (Å²) in [5, 5.41) is 0. The van der Waals surface area contributed by atoms with Gasteiger partial charge in [-0.2, -0.15) is 0 Å². The van der Waals surface area contributed by atoms with Crippen LogP contribution in [0.1, 0.15) is 34.1 Å². The quantitative estimate of drug-likeness (QED) is 0.745. The second kappa shape index (κ2) is 5.53. The van der Waals surface area contributed by atoms with Crippen LogP contribution in [0.25, 0.3) is 0 Å². The average Bonchev–Trinajstić information content (AvgIpc) is 2.60. The first kappa shape index (κ1) is 13.3. The molecule has 1 atom stereocenters. The molecule has 94 valence electrons. The molecular weight excluding hydrogens is 206 g/mol. The van der Waals surface area contributed by atoms with Gasteiger partial charge in [-0.25, -0.2) is 4.79 Å². The van der Waals surface area contributed by atoms with Gasteiger partial charge in [-0.15, -0.1) is 0 Å². The standard InChI is InChI=1S/C12H23NO3/c1-5-15-9-10-6-7-13(8-10)11(14)16-12(2,3)4/h10H,5-9H2,1-4H3. The highest BCUT2D eigenvalue weighted by atomic mass is 16.6. The first-order valence-corrected chi connectivity index (χ1v) is 5.98. The number of amides is 1. The lowest BCUT2D eigenvalue weighted by molar-refractivity contribution is 0.0276. The molecule has 1 aliphatic heterocycles. The summed E-state index contributed by atoms with van der Waals surface area (Å²) in [6, 6.07) is 0. The Balaban J connectivity index is 2.32. The van der Waals surface area contributed by atoms with Crippen molar-refractivity contribution >= 4 is 6.09 Å². The van der Waals surface area contributed by atoms with Crippen LogP contribution in [0.5, 0.6) is 0 Å². The monoisotopic (exact) mass is 229 g/mol. The lowest BCUT2D eigenvalue weighted by Gasteiger charge is -2.24. The molecule has 0 saturated carbocycles. The van der Waals surface area contributed by atoms with Gasteiger partial charge in [-0.1, -0.05) is 0 Å². The second-order valence-corrected chi connectivity index (χ2v) is 5.24. The highest BCUT2D eigenvalue weighted by Gasteiger charge is 2.29. The van der Waals surface area contributed by atoms with Gasteiger partial charge in [0.15, 0.2) is 0 Å². The van der Waals surface area contributed by atoms with Crippen LogP contribution >= 0.6 is 0 Å². The van der Waals surface area contributed by atoms with Crippen molar-refractivity contribution in [3.8, 4) is 0 Å². The Morgan fingerprint density at radius 3 is 2.69 bits per heavy atom. The van der Waals surface area contributed by atoms with Crippen molar-refractivity contribution in [2.45, 2.75) is 39.7 Å². The zero-order valence-electron chi connectivity index (χ0n) is 10.8. The van der Waals surface area contributed by atoms with Crippen molar-refractivity contribution in [3.05, 3.63) is 0 Å². The smallest absolute Gasteiger partial charge is 0.410 e. The fraction of sp³-hybridized carbons (Fsp3) is 0.917. The largest absolute Gasteiger partial charge is 0.444 e. The Bertz CT molecular complexity index is 235. The highest BCUT2D eigenvalue weighted by molar-refractivity contribution is 5.68. The van der Waals surface area contributed by atoms with E-state index in [0.29, 0.717) is 5.92 Å². The van der Waals surface area contributed by atoms with Gasteiger partial charge in [0.05, 0.1) is 6.61 Å². The van der Waals surface area contributed by atoms with Crippen LogP contribution in [-0.4, -0.2) is 42.9 Å². The van der Waals surface area contributed by atoms with Crippen molar-refractivity contribution in [2.75, 3.05) is 26.3 Å². The fourth-order valence-corrected chi connectivity index (χ4v) is 1.75. The minimum atomic E-state index is -0.408. The van der Waals surface area contributed by atoms with E-state index in [2.05, 4.69) is 0 Å². The number of nitrogens with zero attached hydrogens (tertiary/aromatic N) is 1. The third kappa shape index (κ3) is 4.39. The lowest BCUT2D eigenvalue weighted by atomic mass is 10.1. The summed E-state index contributed by atoms with van der Waals surface area (Å²) in [7, 11) is 0. The minimum absolute atomic E-state index is 0.202. The van der Waals surface area contributed by atoms with E-state index < -0.39 is 5.60 Å². The Labute approximate surface area is 97.9 Å². The predicted molar refractivity (Wildman–Crippen MR) is 62.4 cm³/mol. The number of hydrogen-bond acceptors (Lipinski definition) is 3. The molecule has 4 heteroatoms. The van der Waals surface area contributed by atoms with Crippen LogP contribution in [0.2, 0.25) is 0 Å². The zero-order chi connectivity index (χ0) is 12.2. The molecule has 1 amide bonds. The molecule has 1 unspecified atom stereocenters. The van der Waals surface area contributed by atoms with Gasteiger partial charge in [0.1, 0.15) is 5.60 Å². The number of likely N-dealkylation sites (tertiary alicyclic amines) is 1. The van der Waals surface area contributed by atoms with Crippen LogP contribution in [-0.2, 0) is 9.47 Å². The van der Waals surface area contributed by atoms with Gasteiger partial charge >= 0.3 is 6.09 Å². The summed E-state index contributed by atoms with van der Waals surface area (Å²) in [5.74, 6) is 0.465. The fourth-order valence-electron chi connectivity index (χ4n) is 1.75. The van der Waals surface area contributed by atoms with Crippen LogP contribution < -0.4 is 0 Å². The molecule has 0 aromatic rings. The van der Waals surface area contributed by atoms with Crippen molar-refractivity contribution in [1.29, 1.82) is 0 Å². The van der Waals surface area contributed by atoms with E-state index in [4.69, 9.17) is 9.47 Å². The highest BCUT2D eigenvalue weighted by Crippen LogP contribution is 2.19. The van der Waals surface area contributed by atoms with E-state index in [-0.39, 0.29) is 6.09 Å². The lowest BCUT2D eigenvalue weighted by Crippen LogP contribution is -2.35. The van der Waals surface area contributed by atoms with Crippen LogP contribution in [0.3, 0.4) is 0 Å². The van der Waals surface area contributed by atoms with Gasteiger partial charge in [-0.05, 0) is 34.1 Å². The third-order valence-electron chi connectivity index (χ3n) is 2.50. The molecule has 0 bridgehead atoms. The van der Waals surface area contributed by atoms with Gasteiger partial charge in [0.2, 0.25) is 0 Å². The van der Waals surface area contributed by atoms with Crippen LogP contribution in [0, 0.1) is 5.92 Å². The minimum Gasteiger partial charge on any atom is -0.444 e. The van der Waals surface area contributed by atoms with E-state index in [1.165, 1.54) is 0 Å². The van der Waals surface area contributed by atoms with E-state index in [0.717, 1.165) is 32.7 Å². The van der Waals surface area contributed by atoms with E-state index >= 15 is 0 Å². The molecule has 1 fully saturated rings. The number of rotatable bonds is 3. The zero-order valence-corrected chi connectivity index (χ0v) is 10.8. The van der Waals surface area contributed by atoms with Crippen LogP contribution in [0.4, 0.5) is 4.79 Å². The summed E-state index contributed by atoms with van der Waals surface area (Å²) in [4.78, 5) is 13.5. The molecule has 0 aromatic carbocycles. The maximum atomic E-state index is 11.7. The molecule has 16 heavy (non-hydrogen) atoms. The van der Waals surface area contributed by atoms with E-state index in [1.807, 2.05) is 27.7 Å². The van der Waals surface area contributed by atoms with Crippen molar-refractivity contribution < 1.29 is 14.3 Å². The summed E-state index contributed by atoms with van der Waals surface area (Å²) >= 11 is 0. The van der Waals surface area contributed by atoms with Crippen molar-refractivity contribution in [1.82, 2.24) is 4.90 Å². The van der Waals surface area contributed by atoms with Crippen molar-refractivity contribution in [2.24, 2.45) is 5.92 Å². The van der Waals surface area contributed by atoms with Gasteiger partial charge in [0.25, 0.3) is 0 Å². The van der Waals surface area contributed by atoms with Gasteiger partial charge < -0.3 is 14.4 Å². The van der Waals surface area contributed by atoms with Gasteiger partial charge in [-0.3, -0.25) is 0 Å². The Morgan fingerprint density at radius 1 is 1.44 bits per heavy atom. The summed E-state index contributed by atoms with van der Waals surface area (Å²) in [6.07, 6.45) is 0.811.